The number of hydrogen-bond acceptors (Lipinski definition) is 3. The number of nitrogens with one attached hydrogen (secondary N) is 1. The number of carboxylic acids is 1. The minimum absolute atomic E-state index is 0.370. The molecule has 0 amide bonds. The van der Waals surface area contributed by atoms with Crippen molar-refractivity contribution in [3.8, 4) is 0 Å². The monoisotopic (exact) mass is 208 g/mol. The summed E-state index contributed by atoms with van der Waals surface area (Å²) < 4.78 is 0. The van der Waals surface area contributed by atoms with E-state index >= 15 is 0 Å². The van der Waals surface area contributed by atoms with Crippen LogP contribution < -0.4 is 11.1 Å². The van der Waals surface area contributed by atoms with E-state index < -0.39 is 12.0 Å². The summed E-state index contributed by atoms with van der Waals surface area (Å²) in [4.78, 5) is 10.5. The summed E-state index contributed by atoms with van der Waals surface area (Å²) in [6, 6.07) is 6.95. The Morgan fingerprint density at radius 3 is 2.40 bits per heavy atom. The normalized spacial score (nSPS) is 12.4. The summed E-state index contributed by atoms with van der Waals surface area (Å²) in [7, 11) is 1.88. The van der Waals surface area contributed by atoms with Crippen molar-refractivity contribution in [1.82, 2.24) is 5.32 Å². The molecule has 0 saturated heterocycles. The Morgan fingerprint density at radius 2 is 1.93 bits per heavy atom. The highest BCUT2D eigenvalue weighted by Gasteiger charge is 2.11. The van der Waals surface area contributed by atoms with Gasteiger partial charge in [0, 0.05) is 6.54 Å². The van der Waals surface area contributed by atoms with E-state index in [1.807, 2.05) is 31.3 Å². The summed E-state index contributed by atoms with van der Waals surface area (Å²) in [5.41, 5.74) is 7.55. The van der Waals surface area contributed by atoms with E-state index in [0.29, 0.717) is 6.42 Å². The first-order valence-electron chi connectivity index (χ1n) is 4.84. The Kier molecular flexibility index (Phi) is 4.27. The van der Waals surface area contributed by atoms with Gasteiger partial charge in [-0.15, -0.1) is 0 Å². The predicted octanol–water partition coefficient (Wildman–Crippen LogP) is 0.360. The van der Waals surface area contributed by atoms with Crippen LogP contribution in [0.2, 0.25) is 0 Å². The lowest BCUT2D eigenvalue weighted by atomic mass is 10.0. The maximum absolute atomic E-state index is 10.5. The molecule has 4 nitrogen and oxygen atoms in total. The van der Waals surface area contributed by atoms with Gasteiger partial charge in [-0.3, -0.25) is 4.79 Å². The van der Waals surface area contributed by atoms with Gasteiger partial charge < -0.3 is 16.2 Å². The van der Waals surface area contributed by atoms with E-state index in [-0.39, 0.29) is 0 Å². The largest absolute Gasteiger partial charge is 0.480 e. The van der Waals surface area contributed by atoms with Crippen molar-refractivity contribution in [2.24, 2.45) is 5.73 Å². The van der Waals surface area contributed by atoms with Crippen molar-refractivity contribution >= 4 is 5.97 Å². The summed E-state index contributed by atoms with van der Waals surface area (Å²) in [6.45, 7) is 0.811. The lowest BCUT2D eigenvalue weighted by Gasteiger charge is -2.07. The molecule has 1 aromatic carbocycles. The quantitative estimate of drug-likeness (QED) is 0.653. The Hall–Kier alpha value is -1.39. The Labute approximate surface area is 89.1 Å². The van der Waals surface area contributed by atoms with Crippen LogP contribution in [0.5, 0.6) is 0 Å². The highest BCUT2D eigenvalue weighted by atomic mass is 16.4. The summed E-state index contributed by atoms with van der Waals surface area (Å²) in [5, 5.41) is 11.7. The lowest BCUT2D eigenvalue weighted by Crippen LogP contribution is -2.32. The van der Waals surface area contributed by atoms with Gasteiger partial charge in [0.15, 0.2) is 0 Å². The second kappa shape index (κ2) is 5.48. The van der Waals surface area contributed by atoms with Gasteiger partial charge in [0.05, 0.1) is 0 Å². The van der Waals surface area contributed by atoms with Crippen molar-refractivity contribution in [3.63, 3.8) is 0 Å². The van der Waals surface area contributed by atoms with Gasteiger partial charge in [-0.1, -0.05) is 24.3 Å². The predicted molar refractivity (Wildman–Crippen MR) is 58.5 cm³/mol. The number of nitrogens with two attached hydrogens (primary N) is 1. The van der Waals surface area contributed by atoms with Crippen molar-refractivity contribution in [1.29, 1.82) is 0 Å². The maximum Gasteiger partial charge on any atom is 0.320 e. The second-order valence-electron chi connectivity index (χ2n) is 3.50. The van der Waals surface area contributed by atoms with Crippen LogP contribution in [0.15, 0.2) is 24.3 Å². The molecule has 0 aliphatic rings. The molecule has 4 heteroatoms. The van der Waals surface area contributed by atoms with Crippen LogP contribution >= 0.6 is 0 Å². The molecule has 4 N–H and O–H groups in total. The third-order valence-corrected chi connectivity index (χ3v) is 2.18. The van der Waals surface area contributed by atoms with Gasteiger partial charge in [0.1, 0.15) is 6.04 Å². The van der Waals surface area contributed by atoms with Crippen LogP contribution in [-0.4, -0.2) is 24.2 Å². The number of aliphatic carboxylic acids is 1. The van der Waals surface area contributed by atoms with Crippen LogP contribution in [-0.2, 0) is 17.8 Å². The van der Waals surface area contributed by atoms with Gasteiger partial charge >= 0.3 is 5.97 Å². The molecule has 0 aromatic heterocycles. The SMILES string of the molecule is CNCc1ccc(CC(N)C(=O)O)cc1. The Bertz CT molecular complexity index is 322. The molecule has 1 rings (SSSR count). The molecule has 0 fully saturated rings. The first-order chi connectivity index (χ1) is 7.13. The van der Waals surface area contributed by atoms with Crippen LogP contribution in [0, 0.1) is 0 Å². The van der Waals surface area contributed by atoms with Crippen molar-refractivity contribution in [3.05, 3.63) is 35.4 Å². The molecule has 1 aromatic rings. The fourth-order valence-corrected chi connectivity index (χ4v) is 1.34. The molecule has 0 aliphatic heterocycles. The number of carbonyl (C=O) groups is 1. The first-order valence-corrected chi connectivity index (χ1v) is 4.84. The van der Waals surface area contributed by atoms with Crippen LogP contribution in [0.1, 0.15) is 11.1 Å². The molecule has 0 spiro atoms. The molecule has 1 unspecified atom stereocenters. The van der Waals surface area contributed by atoms with E-state index in [4.69, 9.17) is 10.8 Å². The number of rotatable bonds is 5. The number of benzene rings is 1. The zero-order valence-corrected chi connectivity index (χ0v) is 8.73. The molecule has 82 valence electrons. The van der Waals surface area contributed by atoms with E-state index in [1.165, 1.54) is 5.56 Å². The zero-order chi connectivity index (χ0) is 11.3. The number of hydrogen-bond donors (Lipinski definition) is 3. The third-order valence-electron chi connectivity index (χ3n) is 2.18. The van der Waals surface area contributed by atoms with Gasteiger partial charge in [-0.25, -0.2) is 0 Å². The average Bonchev–Trinajstić information content (AvgIpc) is 2.21. The second-order valence-corrected chi connectivity index (χ2v) is 3.50. The van der Waals surface area contributed by atoms with Crippen LogP contribution in [0.3, 0.4) is 0 Å². The van der Waals surface area contributed by atoms with E-state index in [2.05, 4.69) is 5.32 Å². The molecular weight excluding hydrogens is 192 g/mol. The topological polar surface area (TPSA) is 75.3 Å². The Balaban J connectivity index is 2.60. The summed E-state index contributed by atoms with van der Waals surface area (Å²) in [6.07, 6.45) is 0.370. The molecule has 0 bridgehead atoms. The van der Waals surface area contributed by atoms with Crippen molar-refractivity contribution in [2.45, 2.75) is 19.0 Å². The lowest BCUT2D eigenvalue weighted by molar-refractivity contribution is -0.138. The highest BCUT2D eigenvalue weighted by Crippen LogP contribution is 2.06. The smallest absolute Gasteiger partial charge is 0.320 e. The molecule has 0 radical (unpaired) electrons. The van der Waals surface area contributed by atoms with Crippen LogP contribution in [0.25, 0.3) is 0 Å². The number of carboxylic acid groups (broad SMARTS) is 1. The van der Waals surface area contributed by atoms with Gasteiger partial charge in [-0.2, -0.15) is 0 Å². The first kappa shape index (κ1) is 11.7. The molecular formula is C11H16N2O2. The van der Waals surface area contributed by atoms with E-state index in [1.54, 1.807) is 0 Å². The molecule has 1 atom stereocenters. The van der Waals surface area contributed by atoms with E-state index in [0.717, 1.165) is 12.1 Å². The van der Waals surface area contributed by atoms with Gasteiger partial charge in [-0.05, 0) is 24.6 Å². The minimum atomic E-state index is -0.964. The van der Waals surface area contributed by atoms with Crippen molar-refractivity contribution in [2.75, 3.05) is 7.05 Å². The van der Waals surface area contributed by atoms with E-state index in [9.17, 15) is 4.79 Å². The van der Waals surface area contributed by atoms with Gasteiger partial charge in [0.25, 0.3) is 0 Å². The maximum atomic E-state index is 10.5. The highest BCUT2D eigenvalue weighted by molar-refractivity contribution is 5.73. The zero-order valence-electron chi connectivity index (χ0n) is 8.73. The fourth-order valence-electron chi connectivity index (χ4n) is 1.34. The Morgan fingerprint density at radius 1 is 1.40 bits per heavy atom. The molecule has 0 aliphatic carbocycles. The van der Waals surface area contributed by atoms with Crippen molar-refractivity contribution < 1.29 is 9.90 Å². The molecule has 0 saturated carbocycles. The average molecular weight is 208 g/mol. The molecule has 0 heterocycles. The minimum Gasteiger partial charge on any atom is -0.480 e. The standard InChI is InChI=1S/C11H16N2O2/c1-13-7-9-4-2-8(3-5-9)6-10(12)11(14)15/h2-5,10,13H,6-7,12H2,1H3,(H,14,15). The van der Waals surface area contributed by atoms with Gasteiger partial charge in [0.2, 0.25) is 0 Å². The third kappa shape index (κ3) is 3.69. The summed E-state index contributed by atoms with van der Waals surface area (Å²) in [5.74, 6) is -0.964. The molecule has 15 heavy (non-hydrogen) atoms. The fraction of sp³-hybridized carbons (Fsp3) is 0.364. The summed E-state index contributed by atoms with van der Waals surface area (Å²) >= 11 is 0. The van der Waals surface area contributed by atoms with Crippen LogP contribution in [0.4, 0.5) is 0 Å².